The van der Waals surface area contributed by atoms with Gasteiger partial charge in [0.15, 0.2) is 0 Å². The van der Waals surface area contributed by atoms with Gasteiger partial charge < -0.3 is 10.1 Å². The fourth-order valence-corrected chi connectivity index (χ4v) is 2.38. The molecule has 0 amide bonds. The Kier molecular flexibility index (Phi) is 7.70. The lowest BCUT2D eigenvalue weighted by atomic mass is 9.96. The number of ether oxygens (including phenoxy) is 1. The highest BCUT2D eigenvalue weighted by atomic mass is 19.1. The molecule has 0 aliphatic carbocycles. The predicted octanol–water partition coefficient (Wildman–Crippen LogP) is 3.55. The number of hydrogen-bond donors (Lipinski definition) is 1. The molecule has 1 aromatic rings. The largest absolute Gasteiger partial charge is 0.384 e. The Balaban J connectivity index is 2.67. The highest BCUT2D eigenvalue weighted by Crippen LogP contribution is 2.16. The Morgan fingerprint density at radius 1 is 1.30 bits per heavy atom. The zero-order valence-electron chi connectivity index (χ0n) is 12.6. The fraction of sp³-hybridized carbons (Fsp3) is 0.625. The molecule has 0 saturated carbocycles. The second kappa shape index (κ2) is 9.03. The summed E-state index contributed by atoms with van der Waals surface area (Å²) in [4.78, 5) is 0. The van der Waals surface area contributed by atoms with Crippen molar-refractivity contribution in [3.05, 3.63) is 35.4 Å². The average Bonchev–Trinajstić information content (AvgIpc) is 2.39. The second-order valence-corrected chi connectivity index (χ2v) is 5.39. The first kappa shape index (κ1) is 17.1. The Labute approximate surface area is 120 Å². The van der Waals surface area contributed by atoms with Crippen molar-refractivity contribution < 1.29 is 13.5 Å². The summed E-state index contributed by atoms with van der Waals surface area (Å²) in [6, 6.07) is 3.98. The molecule has 4 heteroatoms. The van der Waals surface area contributed by atoms with Crippen LogP contribution in [0.25, 0.3) is 0 Å². The number of halogens is 2. The summed E-state index contributed by atoms with van der Waals surface area (Å²) in [6.07, 6.45) is 2.51. The molecule has 0 fully saturated rings. The quantitative estimate of drug-likeness (QED) is 0.749. The molecule has 0 bridgehead atoms. The lowest BCUT2D eigenvalue weighted by Gasteiger charge is -2.22. The van der Waals surface area contributed by atoms with Gasteiger partial charge in [0.25, 0.3) is 0 Å². The van der Waals surface area contributed by atoms with Crippen molar-refractivity contribution in [1.82, 2.24) is 5.32 Å². The first-order valence-corrected chi connectivity index (χ1v) is 7.23. The smallest absolute Gasteiger partial charge is 0.129 e. The lowest BCUT2D eigenvalue weighted by Crippen LogP contribution is -2.34. The van der Waals surface area contributed by atoms with Gasteiger partial charge in [-0.15, -0.1) is 0 Å². The van der Waals surface area contributed by atoms with Crippen LogP contribution in [0, 0.1) is 17.6 Å². The number of methoxy groups -OCH3 is 1. The van der Waals surface area contributed by atoms with Gasteiger partial charge in [0.1, 0.15) is 11.6 Å². The minimum atomic E-state index is -0.530. The number of hydrogen-bond acceptors (Lipinski definition) is 2. The van der Waals surface area contributed by atoms with Crippen LogP contribution in [0.5, 0.6) is 0 Å². The van der Waals surface area contributed by atoms with Crippen LogP contribution in [0.1, 0.15) is 32.3 Å². The monoisotopic (exact) mass is 285 g/mol. The molecule has 20 heavy (non-hydrogen) atoms. The van der Waals surface area contributed by atoms with E-state index in [1.54, 1.807) is 7.11 Å². The molecule has 0 aromatic heterocycles. The van der Waals surface area contributed by atoms with Gasteiger partial charge in [0.05, 0.1) is 0 Å². The van der Waals surface area contributed by atoms with E-state index in [0.29, 0.717) is 24.5 Å². The minimum Gasteiger partial charge on any atom is -0.384 e. The molecule has 2 nitrogen and oxygen atoms in total. The van der Waals surface area contributed by atoms with Crippen molar-refractivity contribution in [2.24, 2.45) is 5.92 Å². The van der Waals surface area contributed by atoms with Gasteiger partial charge in [-0.05, 0) is 43.4 Å². The Hall–Kier alpha value is -1.00. The van der Waals surface area contributed by atoms with E-state index in [4.69, 9.17) is 4.74 Å². The summed E-state index contributed by atoms with van der Waals surface area (Å²) in [6.45, 7) is 5.80. The molecule has 2 atom stereocenters. The molecule has 0 aliphatic heterocycles. The maximum absolute atomic E-state index is 13.7. The normalized spacial score (nSPS) is 14.2. The SMILES string of the molecule is CCCNC(Cc1ccc(F)cc1F)CC(C)COC. The molecule has 0 spiro atoms. The molecule has 1 aromatic carbocycles. The molecular formula is C16H25F2NO. The zero-order valence-corrected chi connectivity index (χ0v) is 12.6. The fourth-order valence-electron chi connectivity index (χ4n) is 2.38. The van der Waals surface area contributed by atoms with E-state index in [-0.39, 0.29) is 6.04 Å². The maximum Gasteiger partial charge on any atom is 0.129 e. The number of rotatable bonds is 9. The average molecular weight is 285 g/mol. The van der Waals surface area contributed by atoms with Crippen molar-refractivity contribution in [1.29, 1.82) is 0 Å². The third kappa shape index (κ3) is 5.97. The van der Waals surface area contributed by atoms with Crippen LogP contribution in [0.4, 0.5) is 8.78 Å². The van der Waals surface area contributed by atoms with E-state index in [0.717, 1.165) is 25.5 Å². The number of nitrogens with one attached hydrogen (secondary N) is 1. The number of benzene rings is 1. The van der Waals surface area contributed by atoms with E-state index in [1.165, 1.54) is 12.1 Å². The standard InChI is InChI=1S/C16H25F2NO/c1-4-7-19-15(8-12(2)11-20-3)9-13-5-6-14(17)10-16(13)18/h5-6,10,12,15,19H,4,7-9,11H2,1-3H3. The van der Waals surface area contributed by atoms with Crippen molar-refractivity contribution >= 4 is 0 Å². The van der Waals surface area contributed by atoms with Crippen LogP contribution < -0.4 is 5.32 Å². The first-order chi connectivity index (χ1) is 9.56. The van der Waals surface area contributed by atoms with Crippen LogP contribution in [0.3, 0.4) is 0 Å². The molecule has 1 N–H and O–H groups in total. The van der Waals surface area contributed by atoms with Crippen molar-refractivity contribution in [2.75, 3.05) is 20.3 Å². The van der Waals surface area contributed by atoms with Crippen LogP contribution in [0.2, 0.25) is 0 Å². The molecular weight excluding hydrogens is 260 g/mol. The molecule has 0 aliphatic rings. The first-order valence-electron chi connectivity index (χ1n) is 7.23. The predicted molar refractivity (Wildman–Crippen MR) is 77.8 cm³/mol. The van der Waals surface area contributed by atoms with E-state index in [2.05, 4.69) is 19.2 Å². The van der Waals surface area contributed by atoms with Gasteiger partial charge in [0, 0.05) is 25.8 Å². The summed E-state index contributed by atoms with van der Waals surface area (Å²) >= 11 is 0. The zero-order chi connectivity index (χ0) is 15.0. The molecule has 0 saturated heterocycles. The summed E-state index contributed by atoms with van der Waals surface area (Å²) in [5.41, 5.74) is 0.560. The summed E-state index contributed by atoms with van der Waals surface area (Å²) in [5, 5.41) is 3.43. The van der Waals surface area contributed by atoms with Crippen LogP contribution in [-0.4, -0.2) is 26.3 Å². The second-order valence-electron chi connectivity index (χ2n) is 5.39. The van der Waals surface area contributed by atoms with Gasteiger partial charge in [-0.25, -0.2) is 8.78 Å². The summed E-state index contributed by atoms with van der Waals surface area (Å²) in [5.74, 6) is -0.595. The summed E-state index contributed by atoms with van der Waals surface area (Å²) in [7, 11) is 1.69. The highest BCUT2D eigenvalue weighted by Gasteiger charge is 2.15. The molecule has 1 rings (SSSR count). The Bertz CT molecular complexity index is 398. The van der Waals surface area contributed by atoms with Gasteiger partial charge in [-0.1, -0.05) is 19.9 Å². The van der Waals surface area contributed by atoms with Crippen LogP contribution in [0.15, 0.2) is 18.2 Å². The van der Waals surface area contributed by atoms with Gasteiger partial charge >= 0.3 is 0 Å². The lowest BCUT2D eigenvalue weighted by molar-refractivity contribution is 0.149. The molecule has 0 radical (unpaired) electrons. The third-order valence-electron chi connectivity index (χ3n) is 3.30. The third-order valence-corrected chi connectivity index (χ3v) is 3.30. The highest BCUT2D eigenvalue weighted by molar-refractivity contribution is 5.19. The molecule has 114 valence electrons. The van der Waals surface area contributed by atoms with Crippen molar-refractivity contribution in [2.45, 2.75) is 39.2 Å². The minimum absolute atomic E-state index is 0.181. The van der Waals surface area contributed by atoms with Crippen molar-refractivity contribution in [3.8, 4) is 0 Å². The summed E-state index contributed by atoms with van der Waals surface area (Å²) < 4.78 is 31.8. The van der Waals surface area contributed by atoms with E-state index >= 15 is 0 Å². The van der Waals surface area contributed by atoms with Crippen LogP contribution >= 0.6 is 0 Å². The molecule has 0 heterocycles. The van der Waals surface area contributed by atoms with Gasteiger partial charge in [-0.2, -0.15) is 0 Å². The van der Waals surface area contributed by atoms with Crippen LogP contribution in [-0.2, 0) is 11.2 Å². The van der Waals surface area contributed by atoms with E-state index in [1.807, 2.05) is 0 Å². The maximum atomic E-state index is 13.7. The van der Waals surface area contributed by atoms with E-state index in [9.17, 15) is 8.78 Å². The van der Waals surface area contributed by atoms with E-state index < -0.39 is 11.6 Å². The van der Waals surface area contributed by atoms with Crippen molar-refractivity contribution in [3.63, 3.8) is 0 Å². The Morgan fingerprint density at radius 3 is 2.65 bits per heavy atom. The molecule has 2 unspecified atom stereocenters. The topological polar surface area (TPSA) is 21.3 Å². The Morgan fingerprint density at radius 2 is 2.05 bits per heavy atom. The van der Waals surface area contributed by atoms with Gasteiger partial charge in [-0.3, -0.25) is 0 Å². The van der Waals surface area contributed by atoms with Gasteiger partial charge in [0.2, 0.25) is 0 Å².